The molecule has 2 unspecified atom stereocenters. The normalized spacial score (nSPS) is 29.4. The fourth-order valence-electron chi connectivity index (χ4n) is 4.91. The van der Waals surface area contributed by atoms with Crippen LogP contribution in [-0.2, 0) is 12.0 Å². The second-order valence-electron chi connectivity index (χ2n) is 8.55. The first-order valence-corrected chi connectivity index (χ1v) is 10.3. The molecule has 2 aliphatic heterocycles. The molecule has 3 nitrogen and oxygen atoms in total. The van der Waals surface area contributed by atoms with Crippen LogP contribution in [0.15, 0.2) is 48.5 Å². The van der Waals surface area contributed by atoms with Gasteiger partial charge in [-0.05, 0) is 47.1 Å². The molecule has 2 saturated heterocycles. The monoisotopic (exact) mass is 384 g/mol. The number of piperidine rings is 1. The summed E-state index contributed by atoms with van der Waals surface area (Å²) in [5, 5.41) is 10.8. The molecule has 2 heterocycles. The van der Waals surface area contributed by atoms with Gasteiger partial charge in [0.15, 0.2) is 0 Å². The first kappa shape index (κ1) is 18.8. The number of halogens is 1. The first-order chi connectivity index (χ1) is 13.0. The molecule has 0 amide bonds. The van der Waals surface area contributed by atoms with Crippen LogP contribution in [0.5, 0.6) is 5.75 Å². The van der Waals surface area contributed by atoms with Crippen LogP contribution < -0.4 is 0 Å². The lowest BCUT2D eigenvalue weighted by Gasteiger charge is -2.53. The van der Waals surface area contributed by atoms with Crippen LogP contribution in [0.4, 0.5) is 0 Å². The fraction of sp³-hybridized carbons (Fsp3) is 0.478. The molecule has 0 spiro atoms. The SMILES string of the molecule is CC1CN2CCN(Cc3ccccc3Cl)CC2C[C@@]1(C)c1cccc(O)c1. The maximum Gasteiger partial charge on any atom is 0.115 e. The smallest absolute Gasteiger partial charge is 0.115 e. The van der Waals surface area contributed by atoms with Gasteiger partial charge in [0.05, 0.1) is 0 Å². The van der Waals surface area contributed by atoms with Crippen LogP contribution in [0.1, 0.15) is 31.4 Å². The van der Waals surface area contributed by atoms with Gasteiger partial charge in [-0.15, -0.1) is 0 Å². The molecule has 2 fully saturated rings. The summed E-state index contributed by atoms with van der Waals surface area (Å²) < 4.78 is 0. The van der Waals surface area contributed by atoms with Crippen molar-refractivity contribution in [3.8, 4) is 5.75 Å². The number of hydrogen-bond donors (Lipinski definition) is 1. The summed E-state index contributed by atoms with van der Waals surface area (Å²) in [6.07, 6.45) is 1.12. The van der Waals surface area contributed by atoms with Gasteiger partial charge in [-0.2, -0.15) is 0 Å². The Hall–Kier alpha value is -1.55. The minimum atomic E-state index is 0.0906. The predicted molar refractivity (Wildman–Crippen MR) is 111 cm³/mol. The molecule has 0 radical (unpaired) electrons. The Morgan fingerprint density at radius 1 is 1.11 bits per heavy atom. The van der Waals surface area contributed by atoms with Crippen molar-refractivity contribution < 1.29 is 5.11 Å². The Morgan fingerprint density at radius 2 is 1.93 bits per heavy atom. The second kappa shape index (κ2) is 7.46. The number of phenols is 1. The average molecular weight is 385 g/mol. The zero-order valence-electron chi connectivity index (χ0n) is 16.2. The summed E-state index contributed by atoms with van der Waals surface area (Å²) in [4.78, 5) is 5.21. The zero-order valence-corrected chi connectivity index (χ0v) is 17.0. The predicted octanol–water partition coefficient (Wildman–Crippen LogP) is 4.53. The highest BCUT2D eigenvalue weighted by molar-refractivity contribution is 6.31. The number of benzene rings is 2. The number of piperazine rings is 1. The van der Waals surface area contributed by atoms with Crippen LogP contribution >= 0.6 is 11.6 Å². The molecule has 0 aromatic heterocycles. The van der Waals surface area contributed by atoms with Gasteiger partial charge in [0.2, 0.25) is 0 Å². The van der Waals surface area contributed by atoms with Crippen LogP contribution in [-0.4, -0.2) is 47.1 Å². The summed E-state index contributed by atoms with van der Waals surface area (Å²) in [5.74, 6) is 0.929. The third-order valence-corrected chi connectivity index (χ3v) is 7.17. The lowest BCUT2D eigenvalue weighted by molar-refractivity contribution is -0.00557. The summed E-state index contributed by atoms with van der Waals surface area (Å²) in [6, 6.07) is 16.6. The topological polar surface area (TPSA) is 26.7 Å². The molecular weight excluding hydrogens is 356 g/mol. The van der Waals surface area contributed by atoms with Crippen molar-refractivity contribution in [1.29, 1.82) is 0 Å². The van der Waals surface area contributed by atoms with E-state index in [0.29, 0.717) is 17.7 Å². The molecule has 0 bridgehead atoms. The van der Waals surface area contributed by atoms with Gasteiger partial charge in [0.1, 0.15) is 5.75 Å². The van der Waals surface area contributed by atoms with Gasteiger partial charge in [0.25, 0.3) is 0 Å². The Balaban J connectivity index is 1.51. The van der Waals surface area contributed by atoms with E-state index < -0.39 is 0 Å². The lowest BCUT2D eigenvalue weighted by atomic mass is 9.65. The molecule has 4 rings (SSSR count). The van der Waals surface area contributed by atoms with Gasteiger partial charge in [0, 0.05) is 43.8 Å². The number of hydrogen-bond acceptors (Lipinski definition) is 3. The molecule has 3 atom stereocenters. The highest BCUT2D eigenvalue weighted by atomic mass is 35.5. The summed E-state index contributed by atoms with van der Waals surface area (Å²) in [6.45, 7) is 10.1. The van der Waals surface area contributed by atoms with Crippen LogP contribution in [0.3, 0.4) is 0 Å². The number of phenolic OH excluding ortho intramolecular Hbond substituents is 1. The molecular formula is C23H29ClN2O. The number of aromatic hydroxyl groups is 1. The maximum atomic E-state index is 9.98. The average Bonchev–Trinajstić information content (AvgIpc) is 2.65. The van der Waals surface area contributed by atoms with E-state index in [1.54, 1.807) is 6.07 Å². The number of fused-ring (bicyclic) bond motifs is 1. The van der Waals surface area contributed by atoms with Gasteiger partial charge in [-0.25, -0.2) is 0 Å². The largest absolute Gasteiger partial charge is 0.508 e. The van der Waals surface area contributed by atoms with E-state index in [2.05, 4.69) is 41.8 Å². The Kier molecular flexibility index (Phi) is 5.19. The Labute approximate surface area is 167 Å². The molecule has 27 heavy (non-hydrogen) atoms. The van der Waals surface area contributed by atoms with E-state index in [1.165, 1.54) is 11.1 Å². The van der Waals surface area contributed by atoms with Crippen LogP contribution in [0.25, 0.3) is 0 Å². The van der Waals surface area contributed by atoms with E-state index in [9.17, 15) is 5.11 Å². The number of rotatable bonds is 3. The molecule has 2 aliphatic rings. The third kappa shape index (κ3) is 3.73. The molecule has 144 valence electrons. The standard InChI is InChI=1S/C23H29ClN2O/c1-17-14-26-11-10-25(15-18-6-3-4-9-22(18)24)16-20(26)13-23(17,2)19-7-5-8-21(27)12-19/h3-9,12,17,20,27H,10-11,13-16H2,1-2H3/t17?,20?,23-/m1/s1. The van der Waals surface area contributed by atoms with Crippen molar-refractivity contribution >= 4 is 11.6 Å². The minimum Gasteiger partial charge on any atom is -0.508 e. The Bertz CT molecular complexity index is 810. The van der Waals surface area contributed by atoms with Crippen molar-refractivity contribution in [2.45, 2.75) is 38.3 Å². The van der Waals surface area contributed by atoms with E-state index in [1.807, 2.05) is 24.3 Å². The lowest BCUT2D eigenvalue weighted by Crippen LogP contribution is -2.60. The van der Waals surface area contributed by atoms with Crippen molar-refractivity contribution in [2.75, 3.05) is 26.2 Å². The zero-order chi connectivity index (χ0) is 19.0. The van der Waals surface area contributed by atoms with Gasteiger partial charge in [-0.1, -0.05) is 55.8 Å². The molecule has 1 N–H and O–H groups in total. The highest BCUT2D eigenvalue weighted by Gasteiger charge is 2.44. The quantitative estimate of drug-likeness (QED) is 0.842. The molecule has 0 aliphatic carbocycles. The second-order valence-corrected chi connectivity index (χ2v) is 8.96. The third-order valence-electron chi connectivity index (χ3n) is 6.80. The van der Waals surface area contributed by atoms with Crippen molar-refractivity contribution in [2.24, 2.45) is 5.92 Å². The highest BCUT2D eigenvalue weighted by Crippen LogP contribution is 2.43. The van der Waals surface area contributed by atoms with Gasteiger partial charge < -0.3 is 5.11 Å². The fourth-order valence-corrected chi connectivity index (χ4v) is 5.11. The van der Waals surface area contributed by atoms with Gasteiger partial charge >= 0.3 is 0 Å². The van der Waals surface area contributed by atoms with E-state index in [4.69, 9.17) is 11.6 Å². The minimum absolute atomic E-state index is 0.0906. The first-order valence-electron chi connectivity index (χ1n) is 9.95. The van der Waals surface area contributed by atoms with Crippen LogP contribution in [0, 0.1) is 5.92 Å². The maximum absolute atomic E-state index is 9.98. The van der Waals surface area contributed by atoms with Gasteiger partial charge in [-0.3, -0.25) is 9.80 Å². The Morgan fingerprint density at radius 3 is 2.70 bits per heavy atom. The van der Waals surface area contributed by atoms with Crippen LogP contribution in [0.2, 0.25) is 5.02 Å². The van der Waals surface area contributed by atoms with E-state index in [-0.39, 0.29) is 5.41 Å². The molecule has 2 aromatic rings. The molecule has 0 saturated carbocycles. The van der Waals surface area contributed by atoms with E-state index >= 15 is 0 Å². The summed E-state index contributed by atoms with van der Waals surface area (Å²) >= 11 is 6.38. The number of nitrogens with zero attached hydrogens (tertiary/aromatic N) is 2. The molecule has 2 aromatic carbocycles. The van der Waals surface area contributed by atoms with E-state index in [0.717, 1.165) is 44.2 Å². The summed E-state index contributed by atoms with van der Waals surface area (Å²) in [7, 11) is 0. The van der Waals surface area contributed by atoms with Crippen molar-refractivity contribution in [3.05, 3.63) is 64.7 Å². The van der Waals surface area contributed by atoms with Crippen molar-refractivity contribution in [3.63, 3.8) is 0 Å². The van der Waals surface area contributed by atoms with Crippen molar-refractivity contribution in [1.82, 2.24) is 9.80 Å². The summed E-state index contributed by atoms with van der Waals surface area (Å²) in [5.41, 5.74) is 2.57. The molecule has 4 heteroatoms.